The largest absolute Gasteiger partial charge is 0.507 e. The maximum absolute atomic E-state index is 9.72. The monoisotopic (exact) mass is 239 g/mol. The van der Waals surface area contributed by atoms with E-state index in [0.29, 0.717) is 5.56 Å². The van der Waals surface area contributed by atoms with Gasteiger partial charge in [-0.25, -0.2) is 0 Å². The van der Waals surface area contributed by atoms with Gasteiger partial charge in [-0.3, -0.25) is 0 Å². The summed E-state index contributed by atoms with van der Waals surface area (Å²) in [7, 11) is 0. The molecule has 1 rings (SSSR count). The van der Waals surface area contributed by atoms with Crippen molar-refractivity contribution in [1.29, 1.82) is 0 Å². The molecule has 1 aromatic carbocycles. The van der Waals surface area contributed by atoms with Crippen molar-refractivity contribution in [3.05, 3.63) is 23.8 Å². The first-order valence-electron chi connectivity index (χ1n) is 5.85. The minimum atomic E-state index is -0.180. The zero-order chi connectivity index (χ0) is 13.0. The van der Waals surface area contributed by atoms with E-state index in [-0.39, 0.29) is 36.1 Å². The van der Waals surface area contributed by atoms with Gasteiger partial charge >= 0.3 is 0 Å². The standard InChI is InChI=1S/C13H21NO3/c1-8(7-15)9(2)14-10(3)13-11(16)5-4-6-12(13)17/h4-6,8-10,14-17H,7H2,1-3H3. The van der Waals surface area contributed by atoms with Gasteiger partial charge in [-0.05, 0) is 31.9 Å². The predicted octanol–water partition coefficient (Wildman–Crippen LogP) is 1.77. The average molecular weight is 239 g/mol. The summed E-state index contributed by atoms with van der Waals surface area (Å²) in [6, 6.07) is 4.61. The van der Waals surface area contributed by atoms with E-state index < -0.39 is 0 Å². The number of aliphatic hydroxyl groups is 1. The van der Waals surface area contributed by atoms with Crippen LogP contribution in [0.15, 0.2) is 18.2 Å². The van der Waals surface area contributed by atoms with Gasteiger partial charge in [-0.15, -0.1) is 0 Å². The fraction of sp³-hybridized carbons (Fsp3) is 0.538. The fourth-order valence-corrected chi connectivity index (χ4v) is 1.78. The molecule has 96 valence electrons. The third kappa shape index (κ3) is 3.35. The minimum absolute atomic E-state index is 0.0776. The predicted molar refractivity (Wildman–Crippen MR) is 67.0 cm³/mol. The summed E-state index contributed by atoms with van der Waals surface area (Å²) in [4.78, 5) is 0. The zero-order valence-electron chi connectivity index (χ0n) is 10.5. The Morgan fingerprint density at radius 3 is 2.12 bits per heavy atom. The number of aromatic hydroxyl groups is 2. The van der Waals surface area contributed by atoms with Gasteiger partial charge in [-0.2, -0.15) is 0 Å². The molecule has 0 heterocycles. The molecule has 1 aromatic rings. The molecule has 0 aromatic heterocycles. The van der Waals surface area contributed by atoms with Gasteiger partial charge in [0.15, 0.2) is 0 Å². The summed E-state index contributed by atoms with van der Waals surface area (Å²) in [6.45, 7) is 5.88. The third-order valence-electron chi connectivity index (χ3n) is 3.15. The molecule has 3 unspecified atom stereocenters. The van der Waals surface area contributed by atoms with Crippen LogP contribution < -0.4 is 5.32 Å². The minimum Gasteiger partial charge on any atom is -0.507 e. The van der Waals surface area contributed by atoms with Crippen molar-refractivity contribution in [2.24, 2.45) is 5.92 Å². The maximum Gasteiger partial charge on any atom is 0.124 e. The highest BCUT2D eigenvalue weighted by molar-refractivity contribution is 5.44. The van der Waals surface area contributed by atoms with Gasteiger partial charge in [0.25, 0.3) is 0 Å². The van der Waals surface area contributed by atoms with Crippen LogP contribution in [0, 0.1) is 5.92 Å². The lowest BCUT2D eigenvalue weighted by Gasteiger charge is -2.25. The van der Waals surface area contributed by atoms with Crippen LogP contribution >= 0.6 is 0 Å². The van der Waals surface area contributed by atoms with Gasteiger partial charge in [0.1, 0.15) is 11.5 Å². The summed E-state index contributed by atoms with van der Waals surface area (Å²) < 4.78 is 0. The van der Waals surface area contributed by atoms with Gasteiger partial charge in [0.05, 0.1) is 5.56 Å². The van der Waals surface area contributed by atoms with Crippen molar-refractivity contribution in [3.63, 3.8) is 0 Å². The van der Waals surface area contributed by atoms with Crippen LogP contribution in [-0.4, -0.2) is 28.0 Å². The number of phenols is 2. The number of rotatable bonds is 5. The van der Waals surface area contributed by atoms with E-state index in [4.69, 9.17) is 5.11 Å². The Morgan fingerprint density at radius 2 is 1.65 bits per heavy atom. The molecule has 0 aliphatic carbocycles. The molecule has 0 radical (unpaired) electrons. The first-order chi connectivity index (χ1) is 7.97. The average Bonchev–Trinajstić information content (AvgIpc) is 2.27. The molecule has 4 heteroatoms. The smallest absolute Gasteiger partial charge is 0.124 e. The van der Waals surface area contributed by atoms with Crippen LogP contribution in [0.25, 0.3) is 0 Å². The molecule has 0 bridgehead atoms. The first-order valence-corrected chi connectivity index (χ1v) is 5.85. The number of hydrogen-bond acceptors (Lipinski definition) is 4. The lowest BCUT2D eigenvalue weighted by molar-refractivity contribution is 0.201. The number of phenolic OH excluding ortho intramolecular Hbond substituents is 2. The van der Waals surface area contributed by atoms with E-state index in [1.807, 2.05) is 20.8 Å². The fourth-order valence-electron chi connectivity index (χ4n) is 1.78. The molecule has 0 spiro atoms. The summed E-state index contributed by atoms with van der Waals surface area (Å²) in [6.07, 6.45) is 0. The topological polar surface area (TPSA) is 72.7 Å². The van der Waals surface area contributed by atoms with Crippen molar-refractivity contribution in [1.82, 2.24) is 5.32 Å². The second kappa shape index (κ2) is 5.89. The van der Waals surface area contributed by atoms with E-state index in [1.54, 1.807) is 18.2 Å². The molecular weight excluding hydrogens is 218 g/mol. The van der Waals surface area contributed by atoms with E-state index in [2.05, 4.69) is 5.32 Å². The van der Waals surface area contributed by atoms with Crippen LogP contribution in [-0.2, 0) is 0 Å². The van der Waals surface area contributed by atoms with Gasteiger partial charge < -0.3 is 20.6 Å². The van der Waals surface area contributed by atoms with Gasteiger partial charge in [0.2, 0.25) is 0 Å². The lowest BCUT2D eigenvalue weighted by atomic mass is 10.0. The van der Waals surface area contributed by atoms with Crippen LogP contribution in [0.4, 0.5) is 0 Å². The molecule has 0 saturated heterocycles. The van der Waals surface area contributed by atoms with Crippen molar-refractivity contribution in [2.45, 2.75) is 32.9 Å². The van der Waals surface area contributed by atoms with Crippen molar-refractivity contribution in [2.75, 3.05) is 6.61 Å². The van der Waals surface area contributed by atoms with E-state index in [1.165, 1.54) is 0 Å². The Labute approximate surface area is 102 Å². The molecule has 0 aliphatic heterocycles. The van der Waals surface area contributed by atoms with E-state index >= 15 is 0 Å². The molecule has 4 nitrogen and oxygen atoms in total. The van der Waals surface area contributed by atoms with Crippen LogP contribution in [0.5, 0.6) is 11.5 Å². The Kier molecular flexibility index (Phi) is 4.78. The van der Waals surface area contributed by atoms with Crippen molar-refractivity contribution < 1.29 is 15.3 Å². The van der Waals surface area contributed by atoms with Crippen molar-refractivity contribution >= 4 is 0 Å². The third-order valence-corrected chi connectivity index (χ3v) is 3.15. The molecule has 17 heavy (non-hydrogen) atoms. The summed E-state index contributed by atoms with van der Waals surface area (Å²) in [5.41, 5.74) is 0.490. The van der Waals surface area contributed by atoms with Crippen LogP contribution in [0.1, 0.15) is 32.4 Å². The molecular formula is C13H21NO3. The van der Waals surface area contributed by atoms with Gasteiger partial charge in [0, 0.05) is 18.7 Å². The van der Waals surface area contributed by atoms with Crippen LogP contribution in [0.3, 0.4) is 0 Å². The molecule has 0 fully saturated rings. The number of aliphatic hydroxyl groups excluding tert-OH is 1. The Morgan fingerprint density at radius 1 is 1.12 bits per heavy atom. The highest BCUT2D eigenvalue weighted by Crippen LogP contribution is 2.32. The van der Waals surface area contributed by atoms with Crippen LogP contribution in [0.2, 0.25) is 0 Å². The Balaban J connectivity index is 2.79. The summed E-state index contributed by atoms with van der Waals surface area (Å²) >= 11 is 0. The Bertz CT molecular complexity index is 347. The second-order valence-corrected chi connectivity index (χ2v) is 4.55. The van der Waals surface area contributed by atoms with Crippen molar-refractivity contribution in [3.8, 4) is 11.5 Å². The van der Waals surface area contributed by atoms with E-state index in [9.17, 15) is 10.2 Å². The molecule has 0 amide bonds. The molecule has 4 N–H and O–H groups in total. The molecule has 0 saturated carbocycles. The molecule has 3 atom stereocenters. The summed E-state index contributed by atoms with van der Waals surface area (Å²) in [5, 5.41) is 31.7. The first kappa shape index (κ1) is 13.8. The normalized spacial score (nSPS) is 16.5. The number of benzene rings is 1. The highest BCUT2D eigenvalue weighted by atomic mass is 16.3. The zero-order valence-corrected chi connectivity index (χ0v) is 10.5. The maximum atomic E-state index is 9.72. The lowest BCUT2D eigenvalue weighted by Crippen LogP contribution is -2.35. The Hall–Kier alpha value is -1.26. The SMILES string of the molecule is CC(NC(C)C(C)CO)c1c(O)cccc1O. The highest BCUT2D eigenvalue weighted by Gasteiger charge is 2.19. The van der Waals surface area contributed by atoms with Gasteiger partial charge in [-0.1, -0.05) is 13.0 Å². The number of nitrogens with one attached hydrogen (secondary N) is 1. The second-order valence-electron chi connectivity index (χ2n) is 4.55. The molecule has 0 aliphatic rings. The van der Waals surface area contributed by atoms with E-state index in [0.717, 1.165) is 0 Å². The summed E-state index contributed by atoms with van der Waals surface area (Å²) in [5.74, 6) is 0.271. The number of hydrogen-bond donors (Lipinski definition) is 4. The quantitative estimate of drug-likeness (QED) is 0.632.